The third kappa shape index (κ3) is 3.80. The number of aromatic nitrogens is 1. The molecule has 21 heavy (non-hydrogen) atoms. The molecular formula is C15H18N2O3S. The first-order valence-corrected chi connectivity index (χ1v) is 7.57. The van der Waals surface area contributed by atoms with Crippen LogP contribution in [0.1, 0.15) is 22.3 Å². The van der Waals surface area contributed by atoms with Crippen molar-refractivity contribution < 1.29 is 14.6 Å². The van der Waals surface area contributed by atoms with Gasteiger partial charge in [0.25, 0.3) is 5.91 Å². The zero-order chi connectivity index (χ0) is 15.2. The van der Waals surface area contributed by atoms with E-state index < -0.39 is 0 Å². The number of hydrogen-bond donors (Lipinski definition) is 2. The summed E-state index contributed by atoms with van der Waals surface area (Å²) in [6, 6.07) is 7.64. The fourth-order valence-electron chi connectivity index (χ4n) is 1.84. The van der Waals surface area contributed by atoms with Gasteiger partial charge in [-0.3, -0.25) is 4.79 Å². The molecule has 1 aromatic carbocycles. The minimum absolute atomic E-state index is 0.0741. The van der Waals surface area contributed by atoms with E-state index in [1.54, 1.807) is 0 Å². The molecule has 2 N–H and O–H groups in total. The lowest BCUT2D eigenvalue weighted by Crippen LogP contribution is -2.26. The van der Waals surface area contributed by atoms with E-state index in [0.717, 1.165) is 16.3 Å². The minimum atomic E-state index is -0.198. The highest BCUT2D eigenvalue weighted by molar-refractivity contribution is 7.17. The van der Waals surface area contributed by atoms with E-state index in [9.17, 15) is 4.79 Å². The first kappa shape index (κ1) is 15.5. The standard InChI is InChI=1S/C15H18N2O3S/c1-3-20-12-6-4-11(5-7-12)15-17-10(2)13(21-15)14(19)16-8-9-18/h4-7,18H,3,8-9H2,1-2H3,(H,16,19). The van der Waals surface area contributed by atoms with Gasteiger partial charge in [-0.2, -0.15) is 0 Å². The van der Waals surface area contributed by atoms with Crippen molar-refractivity contribution in [1.29, 1.82) is 0 Å². The normalized spacial score (nSPS) is 10.4. The van der Waals surface area contributed by atoms with Crippen molar-refractivity contribution in [2.24, 2.45) is 0 Å². The van der Waals surface area contributed by atoms with E-state index in [-0.39, 0.29) is 19.1 Å². The quantitative estimate of drug-likeness (QED) is 0.858. The molecule has 6 heteroatoms. The third-order valence-corrected chi connectivity index (χ3v) is 4.02. The van der Waals surface area contributed by atoms with Gasteiger partial charge in [0, 0.05) is 12.1 Å². The molecular weight excluding hydrogens is 288 g/mol. The molecule has 0 aliphatic carbocycles. The molecule has 0 fully saturated rings. The maximum Gasteiger partial charge on any atom is 0.263 e. The fraction of sp³-hybridized carbons (Fsp3) is 0.333. The Balaban J connectivity index is 2.19. The summed E-state index contributed by atoms with van der Waals surface area (Å²) < 4.78 is 5.40. The van der Waals surface area contributed by atoms with Gasteiger partial charge in [0.05, 0.1) is 18.9 Å². The molecule has 0 unspecified atom stereocenters. The molecule has 0 aliphatic rings. The lowest BCUT2D eigenvalue weighted by molar-refractivity contribution is 0.0948. The van der Waals surface area contributed by atoms with E-state index in [0.29, 0.717) is 17.2 Å². The average molecular weight is 306 g/mol. The maximum absolute atomic E-state index is 11.9. The van der Waals surface area contributed by atoms with Crippen LogP contribution in [-0.4, -0.2) is 35.8 Å². The van der Waals surface area contributed by atoms with Gasteiger partial charge < -0.3 is 15.2 Å². The Kier molecular flexibility index (Phi) is 5.30. The molecule has 1 amide bonds. The number of rotatable bonds is 6. The number of nitrogens with zero attached hydrogens (tertiary/aromatic N) is 1. The van der Waals surface area contributed by atoms with E-state index >= 15 is 0 Å². The molecule has 0 saturated heterocycles. The second-order valence-electron chi connectivity index (χ2n) is 4.37. The minimum Gasteiger partial charge on any atom is -0.494 e. The molecule has 0 saturated carbocycles. The molecule has 2 aromatic rings. The zero-order valence-corrected chi connectivity index (χ0v) is 12.9. The summed E-state index contributed by atoms with van der Waals surface area (Å²) in [6.07, 6.45) is 0. The Morgan fingerprint density at radius 3 is 2.71 bits per heavy atom. The van der Waals surface area contributed by atoms with Crippen LogP contribution in [0.25, 0.3) is 10.6 Å². The summed E-state index contributed by atoms with van der Waals surface area (Å²) in [5.74, 6) is 0.617. The van der Waals surface area contributed by atoms with Crippen LogP contribution in [0, 0.1) is 6.92 Å². The van der Waals surface area contributed by atoms with Crippen molar-refractivity contribution in [1.82, 2.24) is 10.3 Å². The lowest BCUT2D eigenvalue weighted by Gasteiger charge is -2.02. The van der Waals surface area contributed by atoms with Crippen LogP contribution >= 0.6 is 11.3 Å². The average Bonchev–Trinajstić information content (AvgIpc) is 2.88. The highest BCUT2D eigenvalue weighted by Gasteiger charge is 2.15. The molecule has 0 aliphatic heterocycles. The molecule has 0 atom stereocenters. The lowest BCUT2D eigenvalue weighted by atomic mass is 10.2. The number of aliphatic hydroxyl groups excluding tert-OH is 1. The zero-order valence-electron chi connectivity index (χ0n) is 12.0. The van der Waals surface area contributed by atoms with E-state index in [1.165, 1.54) is 11.3 Å². The Labute approximate surface area is 127 Å². The number of nitrogens with one attached hydrogen (secondary N) is 1. The summed E-state index contributed by atoms with van der Waals surface area (Å²) >= 11 is 1.34. The summed E-state index contributed by atoms with van der Waals surface area (Å²) in [4.78, 5) is 17.0. The largest absolute Gasteiger partial charge is 0.494 e. The second kappa shape index (κ2) is 7.19. The number of aliphatic hydroxyl groups is 1. The number of ether oxygens (including phenoxy) is 1. The highest BCUT2D eigenvalue weighted by atomic mass is 32.1. The molecule has 0 spiro atoms. The number of carbonyl (C=O) groups excluding carboxylic acids is 1. The number of hydrogen-bond acceptors (Lipinski definition) is 5. The van der Waals surface area contributed by atoms with Gasteiger partial charge in [0.15, 0.2) is 0 Å². The number of aryl methyl sites for hydroxylation is 1. The highest BCUT2D eigenvalue weighted by Crippen LogP contribution is 2.29. The summed E-state index contributed by atoms with van der Waals surface area (Å²) in [5, 5.41) is 12.2. The number of benzene rings is 1. The summed E-state index contributed by atoms with van der Waals surface area (Å²) in [6.45, 7) is 4.55. The number of carbonyl (C=O) groups is 1. The third-order valence-electron chi connectivity index (χ3n) is 2.81. The van der Waals surface area contributed by atoms with Crippen LogP contribution in [0.5, 0.6) is 5.75 Å². The van der Waals surface area contributed by atoms with Crippen molar-refractivity contribution in [3.05, 3.63) is 34.8 Å². The molecule has 1 aromatic heterocycles. The Morgan fingerprint density at radius 2 is 2.10 bits per heavy atom. The van der Waals surface area contributed by atoms with E-state index in [4.69, 9.17) is 9.84 Å². The van der Waals surface area contributed by atoms with Gasteiger partial charge in [-0.25, -0.2) is 4.98 Å². The smallest absolute Gasteiger partial charge is 0.263 e. The fourth-order valence-corrected chi connectivity index (χ4v) is 2.83. The first-order chi connectivity index (χ1) is 10.2. The van der Waals surface area contributed by atoms with Crippen LogP contribution in [0.3, 0.4) is 0 Å². The number of thiazole rings is 1. The SMILES string of the molecule is CCOc1ccc(-c2nc(C)c(C(=O)NCCO)s2)cc1. The van der Waals surface area contributed by atoms with Gasteiger partial charge in [-0.1, -0.05) is 0 Å². The first-order valence-electron chi connectivity index (χ1n) is 6.75. The van der Waals surface area contributed by atoms with Crippen LogP contribution < -0.4 is 10.1 Å². The van der Waals surface area contributed by atoms with Crippen LogP contribution in [0.4, 0.5) is 0 Å². The molecule has 1 heterocycles. The Bertz CT molecular complexity index is 608. The van der Waals surface area contributed by atoms with Gasteiger partial charge >= 0.3 is 0 Å². The predicted molar refractivity (Wildman–Crippen MR) is 82.9 cm³/mol. The van der Waals surface area contributed by atoms with E-state index in [1.807, 2.05) is 38.1 Å². The maximum atomic E-state index is 11.9. The molecule has 0 bridgehead atoms. The van der Waals surface area contributed by atoms with Crippen molar-refractivity contribution in [2.75, 3.05) is 19.8 Å². The molecule has 112 valence electrons. The Morgan fingerprint density at radius 1 is 1.38 bits per heavy atom. The Hall–Kier alpha value is -1.92. The van der Waals surface area contributed by atoms with Gasteiger partial charge in [-0.05, 0) is 38.1 Å². The van der Waals surface area contributed by atoms with Gasteiger partial charge in [0.1, 0.15) is 15.6 Å². The summed E-state index contributed by atoms with van der Waals surface area (Å²) in [7, 11) is 0. The van der Waals surface area contributed by atoms with Crippen LogP contribution in [-0.2, 0) is 0 Å². The molecule has 5 nitrogen and oxygen atoms in total. The monoisotopic (exact) mass is 306 g/mol. The van der Waals surface area contributed by atoms with Crippen LogP contribution in [0.15, 0.2) is 24.3 Å². The van der Waals surface area contributed by atoms with Crippen LogP contribution in [0.2, 0.25) is 0 Å². The molecule has 2 rings (SSSR count). The van der Waals surface area contributed by atoms with Crippen molar-refractivity contribution in [3.63, 3.8) is 0 Å². The summed E-state index contributed by atoms with van der Waals surface area (Å²) in [5.41, 5.74) is 1.65. The van der Waals surface area contributed by atoms with Crippen molar-refractivity contribution in [3.8, 4) is 16.3 Å². The van der Waals surface area contributed by atoms with Crippen molar-refractivity contribution in [2.45, 2.75) is 13.8 Å². The number of amides is 1. The van der Waals surface area contributed by atoms with Gasteiger partial charge in [-0.15, -0.1) is 11.3 Å². The predicted octanol–water partition coefficient (Wildman–Crippen LogP) is 2.24. The van der Waals surface area contributed by atoms with Gasteiger partial charge in [0.2, 0.25) is 0 Å². The topological polar surface area (TPSA) is 71.5 Å². The molecule has 0 radical (unpaired) electrons. The second-order valence-corrected chi connectivity index (χ2v) is 5.37. The van der Waals surface area contributed by atoms with Crippen molar-refractivity contribution >= 4 is 17.2 Å². The van der Waals surface area contributed by atoms with E-state index in [2.05, 4.69) is 10.3 Å².